The first-order valence-corrected chi connectivity index (χ1v) is 9.34. The van der Waals surface area contributed by atoms with E-state index in [-0.39, 0.29) is 30.5 Å². The molecule has 2 fully saturated rings. The molecular weight excluding hydrogens is 342 g/mol. The van der Waals surface area contributed by atoms with E-state index in [1.807, 2.05) is 4.57 Å². The zero-order valence-corrected chi connectivity index (χ0v) is 15.3. The highest BCUT2D eigenvalue weighted by molar-refractivity contribution is 5.91. The molecule has 25 heavy (non-hydrogen) atoms. The summed E-state index contributed by atoms with van der Waals surface area (Å²) in [6.07, 6.45) is 6.67. The van der Waals surface area contributed by atoms with E-state index in [0.29, 0.717) is 17.7 Å². The van der Waals surface area contributed by atoms with Crippen LogP contribution < -0.4 is 10.6 Å². The topological polar surface area (TPSA) is 92.1 Å². The Hall–Kier alpha value is -1.18. The van der Waals surface area contributed by atoms with Crippen LogP contribution in [0.3, 0.4) is 0 Å². The lowest BCUT2D eigenvalue weighted by Crippen LogP contribution is -2.53. The maximum Gasteiger partial charge on any atom is 0.289 e. The van der Waals surface area contributed by atoms with Crippen molar-refractivity contribution in [1.82, 2.24) is 25.4 Å². The van der Waals surface area contributed by atoms with Gasteiger partial charge in [-0.05, 0) is 63.5 Å². The number of carbonyl (C=O) groups excluding carboxylic acids is 1. The van der Waals surface area contributed by atoms with E-state index in [1.54, 1.807) is 0 Å². The van der Waals surface area contributed by atoms with Gasteiger partial charge in [-0.2, -0.15) is 0 Å². The molecular formula is C17H28ClN5O2. The minimum Gasteiger partial charge on any atom is -0.393 e. The van der Waals surface area contributed by atoms with Gasteiger partial charge in [0.05, 0.1) is 6.10 Å². The highest BCUT2D eigenvalue weighted by Gasteiger charge is 2.39. The number of rotatable bonds is 4. The fourth-order valence-electron chi connectivity index (χ4n) is 4.44. The molecule has 2 aliphatic heterocycles. The number of nitrogens with one attached hydrogen (secondary N) is 2. The number of aromatic nitrogens is 3. The molecule has 140 valence electrons. The van der Waals surface area contributed by atoms with Crippen molar-refractivity contribution in [3.8, 4) is 0 Å². The number of aliphatic hydroxyl groups is 1. The van der Waals surface area contributed by atoms with Crippen molar-refractivity contribution in [1.29, 1.82) is 0 Å². The van der Waals surface area contributed by atoms with E-state index in [1.165, 1.54) is 0 Å². The van der Waals surface area contributed by atoms with Crippen LogP contribution in [-0.2, 0) is 13.0 Å². The Morgan fingerprint density at radius 2 is 1.96 bits per heavy atom. The third kappa shape index (κ3) is 3.83. The summed E-state index contributed by atoms with van der Waals surface area (Å²) < 4.78 is 1.98. The van der Waals surface area contributed by atoms with Gasteiger partial charge in [-0.3, -0.25) is 4.79 Å². The lowest BCUT2D eigenvalue weighted by Gasteiger charge is -2.43. The van der Waals surface area contributed by atoms with Crippen LogP contribution in [0.25, 0.3) is 0 Å². The predicted octanol–water partition coefficient (Wildman–Crippen LogP) is 0.905. The molecule has 0 radical (unpaired) electrons. The lowest BCUT2D eigenvalue weighted by atomic mass is 9.71. The number of amides is 1. The van der Waals surface area contributed by atoms with Gasteiger partial charge in [0.2, 0.25) is 5.82 Å². The summed E-state index contributed by atoms with van der Waals surface area (Å²) in [6, 6.07) is 0.138. The molecule has 1 unspecified atom stereocenters. The molecule has 1 saturated heterocycles. The maximum absolute atomic E-state index is 12.8. The summed E-state index contributed by atoms with van der Waals surface area (Å²) in [5.41, 5.74) is 0. The van der Waals surface area contributed by atoms with Gasteiger partial charge < -0.3 is 20.3 Å². The highest BCUT2D eigenvalue weighted by Crippen LogP contribution is 2.36. The second-order valence-corrected chi connectivity index (χ2v) is 7.52. The van der Waals surface area contributed by atoms with Crippen molar-refractivity contribution in [2.75, 3.05) is 13.1 Å². The van der Waals surface area contributed by atoms with Crippen molar-refractivity contribution in [2.24, 2.45) is 11.8 Å². The average molecular weight is 370 g/mol. The number of fused-ring (bicyclic) bond motifs is 1. The highest BCUT2D eigenvalue weighted by atomic mass is 35.5. The number of hydrogen-bond donors (Lipinski definition) is 3. The van der Waals surface area contributed by atoms with Crippen molar-refractivity contribution in [3.05, 3.63) is 11.6 Å². The zero-order valence-electron chi connectivity index (χ0n) is 14.5. The van der Waals surface area contributed by atoms with E-state index >= 15 is 0 Å². The maximum atomic E-state index is 12.8. The smallest absolute Gasteiger partial charge is 0.289 e. The number of piperidine rings is 1. The summed E-state index contributed by atoms with van der Waals surface area (Å²) in [7, 11) is 0. The Kier molecular flexibility index (Phi) is 5.96. The van der Waals surface area contributed by atoms with Crippen LogP contribution in [0, 0.1) is 11.8 Å². The molecule has 4 rings (SSSR count). The average Bonchev–Trinajstić information content (AvgIpc) is 3.02. The standard InChI is InChI=1S/C17H27N5O2.ClH/c23-13-9-12(10-13)15(11-4-6-18-7-5-11)19-17(24)16-21-20-14-3-1-2-8-22(14)16;/h11-13,15,18,23H,1-10H2,(H,19,24);1H. The molecule has 7 nitrogen and oxygen atoms in total. The molecule has 0 spiro atoms. The van der Waals surface area contributed by atoms with Crippen LogP contribution in [0.2, 0.25) is 0 Å². The lowest BCUT2D eigenvalue weighted by molar-refractivity contribution is 0.00900. The van der Waals surface area contributed by atoms with Crippen molar-refractivity contribution in [2.45, 2.75) is 63.6 Å². The van der Waals surface area contributed by atoms with Crippen LogP contribution in [0.15, 0.2) is 0 Å². The number of nitrogens with zero attached hydrogens (tertiary/aromatic N) is 3. The molecule has 8 heteroatoms. The van der Waals surface area contributed by atoms with Crippen LogP contribution >= 0.6 is 12.4 Å². The van der Waals surface area contributed by atoms with Gasteiger partial charge in [0.15, 0.2) is 0 Å². The van der Waals surface area contributed by atoms with Gasteiger partial charge >= 0.3 is 0 Å². The van der Waals surface area contributed by atoms with Crippen LogP contribution in [0.4, 0.5) is 0 Å². The Balaban J connectivity index is 0.00000182. The third-order valence-electron chi connectivity index (χ3n) is 5.91. The minimum absolute atomic E-state index is 0. The molecule has 0 bridgehead atoms. The zero-order chi connectivity index (χ0) is 16.5. The molecule has 1 aromatic heterocycles. The SMILES string of the molecule is Cl.O=C(NC(C1CCNCC1)C1CC(O)C1)c1nnc2n1CCCC2. The van der Waals surface area contributed by atoms with Crippen LogP contribution in [-0.4, -0.2) is 51.0 Å². The Bertz CT molecular complexity index is 596. The molecule has 1 aliphatic carbocycles. The van der Waals surface area contributed by atoms with Crippen molar-refractivity contribution in [3.63, 3.8) is 0 Å². The fourth-order valence-corrected chi connectivity index (χ4v) is 4.44. The molecule has 1 amide bonds. The Morgan fingerprint density at radius 1 is 1.20 bits per heavy atom. The van der Waals surface area contributed by atoms with Gasteiger partial charge in [-0.15, -0.1) is 22.6 Å². The summed E-state index contributed by atoms with van der Waals surface area (Å²) in [6.45, 7) is 2.85. The molecule has 3 heterocycles. The first kappa shape index (κ1) is 18.6. The number of halogens is 1. The van der Waals surface area contributed by atoms with E-state index in [0.717, 1.165) is 70.4 Å². The van der Waals surface area contributed by atoms with Crippen molar-refractivity contribution >= 4 is 18.3 Å². The van der Waals surface area contributed by atoms with Gasteiger partial charge in [0.1, 0.15) is 5.82 Å². The first-order chi connectivity index (χ1) is 11.7. The third-order valence-corrected chi connectivity index (χ3v) is 5.91. The molecule has 1 aromatic rings. The van der Waals surface area contributed by atoms with E-state index < -0.39 is 0 Å². The quantitative estimate of drug-likeness (QED) is 0.733. The van der Waals surface area contributed by atoms with Crippen molar-refractivity contribution < 1.29 is 9.90 Å². The molecule has 1 saturated carbocycles. The normalized spacial score (nSPS) is 27.6. The Morgan fingerprint density at radius 3 is 2.68 bits per heavy atom. The van der Waals surface area contributed by atoms with Gasteiger partial charge in [0, 0.05) is 19.0 Å². The minimum atomic E-state index is -0.197. The summed E-state index contributed by atoms with van der Waals surface area (Å²) in [4.78, 5) is 12.8. The summed E-state index contributed by atoms with van der Waals surface area (Å²) in [5, 5.41) is 24.7. The summed E-state index contributed by atoms with van der Waals surface area (Å²) in [5.74, 6) is 2.17. The number of carbonyl (C=O) groups is 1. The Labute approximate surface area is 154 Å². The second-order valence-electron chi connectivity index (χ2n) is 7.52. The van der Waals surface area contributed by atoms with E-state index in [2.05, 4.69) is 20.8 Å². The van der Waals surface area contributed by atoms with Gasteiger partial charge in [0.25, 0.3) is 5.91 Å². The van der Waals surface area contributed by atoms with Crippen LogP contribution in [0.1, 0.15) is 55.0 Å². The monoisotopic (exact) mass is 369 g/mol. The van der Waals surface area contributed by atoms with E-state index in [9.17, 15) is 9.90 Å². The molecule has 0 aromatic carbocycles. The number of hydrogen-bond acceptors (Lipinski definition) is 5. The van der Waals surface area contributed by atoms with Gasteiger partial charge in [-0.1, -0.05) is 0 Å². The predicted molar refractivity (Wildman–Crippen MR) is 95.8 cm³/mol. The molecule has 3 N–H and O–H groups in total. The first-order valence-electron chi connectivity index (χ1n) is 9.34. The fraction of sp³-hybridized carbons (Fsp3) is 0.824. The number of aryl methyl sites for hydroxylation is 1. The summed E-state index contributed by atoms with van der Waals surface area (Å²) >= 11 is 0. The molecule has 3 aliphatic rings. The largest absolute Gasteiger partial charge is 0.393 e. The molecule has 1 atom stereocenters. The van der Waals surface area contributed by atoms with E-state index in [4.69, 9.17) is 0 Å². The second kappa shape index (κ2) is 8.01. The van der Waals surface area contributed by atoms with Gasteiger partial charge in [-0.25, -0.2) is 0 Å². The van der Waals surface area contributed by atoms with Crippen LogP contribution in [0.5, 0.6) is 0 Å². The number of aliphatic hydroxyl groups excluding tert-OH is 1.